The van der Waals surface area contributed by atoms with Crippen LogP contribution in [0.2, 0.25) is 0 Å². The van der Waals surface area contributed by atoms with Crippen molar-refractivity contribution >= 4 is 22.5 Å². The molecule has 104 valence electrons. The van der Waals surface area contributed by atoms with Gasteiger partial charge in [-0.05, 0) is 32.9 Å². The Morgan fingerprint density at radius 3 is 2.80 bits per heavy atom. The van der Waals surface area contributed by atoms with Gasteiger partial charge in [-0.15, -0.1) is 11.3 Å². The first-order valence-electron chi connectivity index (χ1n) is 6.61. The maximum atomic E-state index is 5.69. The molecule has 5 nitrogen and oxygen atoms in total. The summed E-state index contributed by atoms with van der Waals surface area (Å²) in [6.45, 7) is 6.74. The predicted molar refractivity (Wildman–Crippen MR) is 81.6 cm³/mol. The van der Waals surface area contributed by atoms with Crippen molar-refractivity contribution in [2.24, 2.45) is 5.73 Å². The number of imidazole rings is 1. The van der Waals surface area contributed by atoms with Crippen LogP contribution < -0.4 is 5.73 Å². The molecular formula is C14H17N5S. The van der Waals surface area contributed by atoms with Gasteiger partial charge < -0.3 is 10.3 Å². The number of pyridine rings is 1. The van der Waals surface area contributed by atoms with Gasteiger partial charge in [-0.1, -0.05) is 0 Å². The van der Waals surface area contributed by atoms with Crippen molar-refractivity contribution in [1.82, 2.24) is 19.5 Å². The van der Waals surface area contributed by atoms with Crippen LogP contribution in [0.4, 0.5) is 0 Å². The van der Waals surface area contributed by atoms with Crippen molar-refractivity contribution in [3.05, 3.63) is 29.0 Å². The molecule has 0 aliphatic rings. The van der Waals surface area contributed by atoms with Crippen molar-refractivity contribution in [2.75, 3.05) is 0 Å². The van der Waals surface area contributed by atoms with Crippen LogP contribution in [0.3, 0.4) is 0 Å². The fourth-order valence-corrected chi connectivity index (χ4v) is 3.26. The maximum Gasteiger partial charge on any atom is 0.160 e. The number of nitrogens with zero attached hydrogens (tertiary/aromatic N) is 4. The number of rotatable bonds is 3. The van der Waals surface area contributed by atoms with Gasteiger partial charge in [0.1, 0.15) is 10.5 Å². The van der Waals surface area contributed by atoms with E-state index < -0.39 is 0 Å². The highest BCUT2D eigenvalue weighted by molar-refractivity contribution is 7.15. The molecule has 0 aliphatic carbocycles. The van der Waals surface area contributed by atoms with E-state index in [1.807, 2.05) is 19.1 Å². The van der Waals surface area contributed by atoms with Crippen LogP contribution in [0.25, 0.3) is 21.9 Å². The lowest BCUT2D eigenvalue weighted by molar-refractivity contribution is 0.620. The number of aryl methyl sites for hydroxylation is 1. The zero-order valence-electron chi connectivity index (χ0n) is 11.8. The quantitative estimate of drug-likeness (QED) is 0.804. The van der Waals surface area contributed by atoms with Crippen LogP contribution in [0.1, 0.15) is 30.6 Å². The molecule has 20 heavy (non-hydrogen) atoms. The van der Waals surface area contributed by atoms with Gasteiger partial charge in [-0.2, -0.15) is 0 Å². The van der Waals surface area contributed by atoms with Crippen LogP contribution >= 0.6 is 11.3 Å². The van der Waals surface area contributed by atoms with Gasteiger partial charge in [-0.25, -0.2) is 15.0 Å². The molecule has 0 unspecified atom stereocenters. The van der Waals surface area contributed by atoms with Gasteiger partial charge in [0.15, 0.2) is 11.5 Å². The molecule has 0 amide bonds. The Bertz CT molecular complexity index is 756. The first-order valence-corrected chi connectivity index (χ1v) is 7.43. The molecule has 3 heterocycles. The van der Waals surface area contributed by atoms with Crippen LogP contribution in [0.15, 0.2) is 18.3 Å². The predicted octanol–water partition coefficient (Wildman–Crippen LogP) is 2.90. The Balaban J connectivity index is 2.29. The summed E-state index contributed by atoms with van der Waals surface area (Å²) in [6, 6.07) is 4.19. The zero-order valence-corrected chi connectivity index (χ0v) is 12.6. The van der Waals surface area contributed by atoms with Gasteiger partial charge >= 0.3 is 0 Å². The molecule has 3 aromatic heterocycles. The lowest BCUT2D eigenvalue weighted by atomic mass is 10.3. The second kappa shape index (κ2) is 4.96. The Morgan fingerprint density at radius 1 is 1.35 bits per heavy atom. The Kier molecular flexibility index (Phi) is 3.27. The summed E-state index contributed by atoms with van der Waals surface area (Å²) in [4.78, 5) is 14.8. The molecule has 0 saturated heterocycles. The van der Waals surface area contributed by atoms with E-state index >= 15 is 0 Å². The summed E-state index contributed by atoms with van der Waals surface area (Å²) in [5.41, 5.74) is 8.50. The molecule has 0 aliphatic heterocycles. The molecule has 0 fully saturated rings. The van der Waals surface area contributed by atoms with E-state index in [2.05, 4.69) is 28.4 Å². The summed E-state index contributed by atoms with van der Waals surface area (Å²) in [5, 5.41) is 0.938. The highest BCUT2D eigenvalue weighted by Gasteiger charge is 2.19. The van der Waals surface area contributed by atoms with Crippen molar-refractivity contribution in [3.8, 4) is 10.7 Å². The highest BCUT2D eigenvalue weighted by Crippen LogP contribution is 2.33. The summed E-state index contributed by atoms with van der Waals surface area (Å²) >= 11 is 1.61. The molecule has 3 aromatic rings. The minimum atomic E-state index is 0.285. The van der Waals surface area contributed by atoms with Gasteiger partial charge in [0, 0.05) is 18.8 Å². The van der Waals surface area contributed by atoms with E-state index in [-0.39, 0.29) is 6.04 Å². The Labute approximate surface area is 121 Å². The number of hydrogen-bond donors (Lipinski definition) is 1. The van der Waals surface area contributed by atoms with Gasteiger partial charge in [0.25, 0.3) is 0 Å². The molecule has 0 radical (unpaired) electrons. The van der Waals surface area contributed by atoms with E-state index in [1.165, 1.54) is 0 Å². The first-order chi connectivity index (χ1) is 9.61. The summed E-state index contributed by atoms with van der Waals surface area (Å²) in [6.07, 6.45) is 1.80. The zero-order chi connectivity index (χ0) is 14.3. The standard InChI is InChI=1S/C14H17N5S/c1-8(2)19-13-10(5-4-6-16-13)18-14(19)12-9(3)17-11(7-15)20-12/h4-6,8H,7,15H2,1-3H3. The van der Waals surface area contributed by atoms with E-state index in [1.54, 1.807) is 17.5 Å². The minimum Gasteiger partial charge on any atom is -0.325 e. The van der Waals surface area contributed by atoms with E-state index in [9.17, 15) is 0 Å². The normalized spacial score (nSPS) is 11.7. The average Bonchev–Trinajstić information content (AvgIpc) is 2.98. The highest BCUT2D eigenvalue weighted by atomic mass is 32.1. The second-order valence-electron chi connectivity index (χ2n) is 4.97. The van der Waals surface area contributed by atoms with Crippen LogP contribution in [0.5, 0.6) is 0 Å². The fraction of sp³-hybridized carbons (Fsp3) is 0.357. The average molecular weight is 287 g/mol. The van der Waals surface area contributed by atoms with Gasteiger partial charge in [0.05, 0.1) is 10.6 Å². The summed E-state index contributed by atoms with van der Waals surface area (Å²) in [5.74, 6) is 0.934. The van der Waals surface area contributed by atoms with Crippen molar-refractivity contribution in [3.63, 3.8) is 0 Å². The maximum absolute atomic E-state index is 5.69. The van der Waals surface area contributed by atoms with Crippen LogP contribution in [0, 0.1) is 6.92 Å². The minimum absolute atomic E-state index is 0.285. The number of hydrogen-bond acceptors (Lipinski definition) is 5. The molecule has 0 saturated carbocycles. The van der Waals surface area contributed by atoms with E-state index in [0.717, 1.165) is 32.6 Å². The van der Waals surface area contributed by atoms with Crippen LogP contribution in [-0.4, -0.2) is 19.5 Å². The number of nitrogens with two attached hydrogens (primary N) is 1. The molecule has 0 atom stereocenters. The SMILES string of the molecule is Cc1nc(CN)sc1-c1nc2cccnc2n1C(C)C. The molecule has 0 spiro atoms. The van der Waals surface area contributed by atoms with Gasteiger partial charge in [-0.3, -0.25) is 0 Å². The Morgan fingerprint density at radius 2 is 2.15 bits per heavy atom. The summed E-state index contributed by atoms with van der Waals surface area (Å²) < 4.78 is 2.16. The van der Waals surface area contributed by atoms with Crippen molar-refractivity contribution < 1.29 is 0 Å². The molecule has 0 aromatic carbocycles. The molecular weight excluding hydrogens is 270 g/mol. The third-order valence-corrected chi connectivity index (χ3v) is 4.36. The monoisotopic (exact) mass is 287 g/mol. The number of thiazole rings is 1. The summed E-state index contributed by atoms with van der Waals surface area (Å²) in [7, 11) is 0. The lowest BCUT2D eigenvalue weighted by Crippen LogP contribution is -2.03. The fourth-order valence-electron chi connectivity index (χ4n) is 2.33. The van der Waals surface area contributed by atoms with Crippen molar-refractivity contribution in [1.29, 1.82) is 0 Å². The van der Waals surface area contributed by atoms with Crippen LogP contribution in [-0.2, 0) is 6.54 Å². The topological polar surface area (TPSA) is 69.6 Å². The van der Waals surface area contributed by atoms with Gasteiger partial charge in [0.2, 0.25) is 0 Å². The third-order valence-electron chi connectivity index (χ3n) is 3.18. The smallest absolute Gasteiger partial charge is 0.160 e. The lowest BCUT2D eigenvalue weighted by Gasteiger charge is -2.11. The third kappa shape index (κ3) is 2.01. The Hall–Kier alpha value is -1.79. The second-order valence-corrected chi connectivity index (χ2v) is 6.06. The van der Waals surface area contributed by atoms with Crippen molar-refractivity contribution in [2.45, 2.75) is 33.4 Å². The first kappa shape index (κ1) is 13.2. The number of aromatic nitrogens is 4. The largest absolute Gasteiger partial charge is 0.325 e. The van der Waals surface area contributed by atoms with E-state index in [4.69, 9.17) is 10.7 Å². The number of fused-ring (bicyclic) bond motifs is 1. The molecule has 6 heteroatoms. The molecule has 3 rings (SSSR count). The molecule has 2 N–H and O–H groups in total. The van der Waals surface area contributed by atoms with E-state index in [0.29, 0.717) is 6.54 Å². The molecule has 0 bridgehead atoms.